The highest BCUT2D eigenvalue weighted by molar-refractivity contribution is 7.71. The van der Waals surface area contributed by atoms with Crippen LogP contribution >= 0.6 is 12.2 Å². The van der Waals surface area contributed by atoms with Gasteiger partial charge < -0.3 is 15.6 Å². The molecule has 1 spiro atoms. The molecule has 0 unspecified atom stereocenters. The van der Waals surface area contributed by atoms with Gasteiger partial charge in [-0.05, 0) is 56.5 Å². The van der Waals surface area contributed by atoms with E-state index in [0.29, 0.717) is 61.9 Å². The summed E-state index contributed by atoms with van der Waals surface area (Å²) in [6, 6.07) is 6.98. The molecule has 2 aromatic rings. The van der Waals surface area contributed by atoms with Gasteiger partial charge in [0.25, 0.3) is 11.5 Å². The monoisotopic (exact) mass is 485 g/mol. The topological polar surface area (TPSA) is 116 Å². The van der Waals surface area contributed by atoms with E-state index in [1.165, 1.54) is 4.90 Å². The lowest BCUT2D eigenvalue weighted by molar-refractivity contribution is -0.131. The molecule has 1 aromatic heterocycles. The third-order valence-electron chi connectivity index (χ3n) is 6.76. The summed E-state index contributed by atoms with van der Waals surface area (Å²) in [6.07, 6.45) is 6.53. The number of aromatic amines is 1. The zero-order chi connectivity index (χ0) is 24.1. The van der Waals surface area contributed by atoms with Crippen LogP contribution in [0.4, 0.5) is 4.79 Å². The Morgan fingerprint density at radius 1 is 1.03 bits per heavy atom. The number of hydrogen-bond donors (Lipinski definition) is 3. The molecule has 9 nitrogen and oxygen atoms in total. The van der Waals surface area contributed by atoms with Crippen molar-refractivity contribution in [3.8, 4) is 0 Å². The van der Waals surface area contributed by atoms with Crippen LogP contribution in [-0.2, 0) is 16.1 Å². The van der Waals surface area contributed by atoms with E-state index in [0.717, 1.165) is 31.2 Å². The van der Waals surface area contributed by atoms with Crippen molar-refractivity contribution in [3.05, 3.63) is 39.4 Å². The van der Waals surface area contributed by atoms with E-state index in [1.54, 1.807) is 10.6 Å². The first-order chi connectivity index (χ1) is 16.4. The smallest absolute Gasteiger partial charge is 0.325 e. The highest BCUT2D eigenvalue weighted by atomic mass is 32.1. The molecule has 4 rings (SSSR count). The second-order valence-electron chi connectivity index (χ2n) is 9.12. The molecule has 182 valence electrons. The van der Waals surface area contributed by atoms with Crippen LogP contribution < -0.4 is 16.2 Å². The van der Waals surface area contributed by atoms with Gasteiger partial charge in [0, 0.05) is 26.1 Å². The first-order valence-corrected chi connectivity index (χ1v) is 12.4. The minimum Gasteiger partial charge on any atom is -0.356 e. The minimum absolute atomic E-state index is 0.0513. The summed E-state index contributed by atoms with van der Waals surface area (Å²) in [4.78, 5) is 53.9. The molecule has 2 heterocycles. The zero-order valence-electron chi connectivity index (χ0n) is 19.2. The number of rotatable bonds is 10. The standard InChI is InChI=1S/C24H31N5O4S/c30-19(25-14-8-16-29-21(32)24(27-22(29)33)12-5-6-13-24)11-2-1-7-15-28-20(31)17-9-3-4-10-18(17)26-23(28)34/h3-4,9-10H,1-2,5-8,11-16H2,(H,25,30)(H,26,34)(H,27,33). The van der Waals surface area contributed by atoms with E-state index in [2.05, 4.69) is 15.6 Å². The molecule has 2 fully saturated rings. The Bertz CT molecular complexity index is 1200. The number of benzene rings is 1. The van der Waals surface area contributed by atoms with Crippen LogP contribution in [0.25, 0.3) is 10.9 Å². The Morgan fingerprint density at radius 3 is 2.59 bits per heavy atom. The predicted molar refractivity (Wildman–Crippen MR) is 131 cm³/mol. The predicted octanol–water partition coefficient (Wildman–Crippen LogP) is 2.99. The molecule has 0 atom stereocenters. The van der Waals surface area contributed by atoms with Gasteiger partial charge in [0.1, 0.15) is 5.54 Å². The molecule has 3 N–H and O–H groups in total. The Balaban J connectivity index is 1.13. The van der Waals surface area contributed by atoms with Crippen LogP contribution in [0.1, 0.15) is 57.8 Å². The Kier molecular flexibility index (Phi) is 7.45. The maximum atomic E-state index is 12.6. The van der Waals surface area contributed by atoms with Crippen molar-refractivity contribution in [1.29, 1.82) is 0 Å². The second kappa shape index (κ2) is 10.5. The fourth-order valence-corrected chi connectivity index (χ4v) is 5.17. The van der Waals surface area contributed by atoms with E-state index in [4.69, 9.17) is 12.2 Å². The van der Waals surface area contributed by atoms with Gasteiger partial charge in [-0.2, -0.15) is 0 Å². The summed E-state index contributed by atoms with van der Waals surface area (Å²) in [6.45, 7) is 1.24. The Hall–Kier alpha value is -3.01. The van der Waals surface area contributed by atoms with E-state index >= 15 is 0 Å². The van der Waals surface area contributed by atoms with E-state index in [-0.39, 0.29) is 23.4 Å². The van der Waals surface area contributed by atoms with Crippen molar-refractivity contribution in [1.82, 2.24) is 25.1 Å². The number of fused-ring (bicyclic) bond motifs is 1. The molecule has 0 bridgehead atoms. The van der Waals surface area contributed by atoms with Crippen molar-refractivity contribution in [3.63, 3.8) is 0 Å². The van der Waals surface area contributed by atoms with Crippen LogP contribution in [-0.4, -0.2) is 50.9 Å². The molecule has 1 aromatic carbocycles. The molecule has 1 aliphatic heterocycles. The maximum absolute atomic E-state index is 12.6. The molecule has 2 aliphatic rings. The van der Waals surface area contributed by atoms with Gasteiger partial charge >= 0.3 is 6.03 Å². The number of amides is 4. The maximum Gasteiger partial charge on any atom is 0.325 e. The largest absolute Gasteiger partial charge is 0.356 e. The lowest BCUT2D eigenvalue weighted by atomic mass is 9.98. The SMILES string of the molecule is O=C(CCCCCn1c(=S)[nH]c2ccccc2c1=O)NCCCN1C(=O)NC2(CCCC2)C1=O. The van der Waals surface area contributed by atoms with Crippen LogP contribution in [0.15, 0.2) is 29.1 Å². The van der Waals surface area contributed by atoms with Crippen LogP contribution in [0.2, 0.25) is 0 Å². The van der Waals surface area contributed by atoms with Crippen molar-refractivity contribution < 1.29 is 14.4 Å². The first-order valence-electron chi connectivity index (χ1n) is 12.0. The number of nitrogens with zero attached hydrogens (tertiary/aromatic N) is 2. The van der Waals surface area contributed by atoms with E-state index < -0.39 is 5.54 Å². The summed E-state index contributed by atoms with van der Waals surface area (Å²) < 4.78 is 1.98. The molecular formula is C24H31N5O4S. The van der Waals surface area contributed by atoms with Gasteiger partial charge in [-0.1, -0.05) is 31.4 Å². The zero-order valence-corrected chi connectivity index (χ0v) is 20.0. The molecule has 34 heavy (non-hydrogen) atoms. The average molecular weight is 486 g/mol. The molecule has 1 saturated heterocycles. The normalized spacial score (nSPS) is 17.0. The summed E-state index contributed by atoms with van der Waals surface area (Å²) >= 11 is 5.32. The lowest BCUT2D eigenvalue weighted by Crippen LogP contribution is -2.44. The van der Waals surface area contributed by atoms with Gasteiger partial charge in [-0.3, -0.25) is 23.9 Å². The number of aromatic nitrogens is 2. The molecule has 10 heteroatoms. The number of unbranched alkanes of at least 4 members (excludes halogenated alkanes) is 2. The second-order valence-corrected chi connectivity index (χ2v) is 9.51. The average Bonchev–Trinajstić information content (AvgIpc) is 3.38. The Morgan fingerprint density at radius 2 is 1.79 bits per heavy atom. The van der Waals surface area contributed by atoms with Crippen molar-refractivity contribution >= 4 is 41.0 Å². The van der Waals surface area contributed by atoms with Crippen LogP contribution in [0.5, 0.6) is 0 Å². The van der Waals surface area contributed by atoms with Gasteiger partial charge in [0.2, 0.25) is 5.91 Å². The quantitative estimate of drug-likeness (QED) is 0.272. The van der Waals surface area contributed by atoms with Crippen molar-refractivity contribution in [2.75, 3.05) is 13.1 Å². The third-order valence-corrected chi connectivity index (χ3v) is 7.08. The van der Waals surface area contributed by atoms with Gasteiger partial charge in [0.15, 0.2) is 4.77 Å². The fraction of sp³-hybridized carbons (Fsp3) is 0.542. The van der Waals surface area contributed by atoms with Gasteiger partial charge in [-0.15, -0.1) is 0 Å². The number of nitrogens with one attached hydrogen (secondary N) is 3. The molecule has 1 saturated carbocycles. The van der Waals surface area contributed by atoms with E-state index in [9.17, 15) is 19.2 Å². The highest BCUT2D eigenvalue weighted by Crippen LogP contribution is 2.34. The number of H-pyrrole nitrogens is 1. The number of para-hydroxylation sites is 1. The molecular weight excluding hydrogens is 454 g/mol. The van der Waals surface area contributed by atoms with E-state index in [1.807, 2.05) is 18.2 Å². The summed E-state index contributed by atoms with van der Waals surface area (Å²) in [5, 5.41) is 6.34. The number of imide groups is 1. The van der Waals surface area contributed by atoms with Crippen LogP contribution in [0.3, 0.4) is 0 Å². The van der Waals surface area contributed by atoms with Crippen molar-refractivity contribution in [2.45, 2.75) is 69.9 Å². The summed E-state index contributed by atoms with van der Waals surface area (Å²) in [7, 11) is 0. The molecule has 1 aliphatic carbocycles. The van der Waals surface area contributed by atoms with Crippen LogP contribution in [0, 0.1) is 4.77 Å². The molecule has 4 amide bonds. The third kappa shape index (κ3) is 5.06. The number of carbonyl (C=O) groups is 3. The highest BCUT2D eigenvalue weighted by Gasteiger charge is 2.51. The van der Waals surface area contributed by atoms with Gasteiger partial charge in [-0.25, -0.2) is 4.79 Å². The minimum atomic E-state index is -0.678. The Labute approximate surface area is 202 Å². The van der Waals surface area contributed by atoms with Gasteiger partial charge in [0.05, 0.1) is 10.9 Å². The van der Waals surface area contributed by atoms with Crippen molar-refractivity contribution in [2.24, 2.45) is 0 Å². The lowest BCUT2D eigenvalue weighted by Gasteiger charge is -2.20. The number of hydrogen-bond acceptors (Lipinski definition) is 5. The summed E-state index contributed by atoms with van der Waals surface area (Å²) in [5.41, 5.74) is -0.0400. The molecule has 0 radical (unpaired) electrons. The first kappa shape index (κ1) is 24.1. The number of carbonyl (C=O) groups excluding carboxylic acids is 3. The summed E-state index contributed by atoms with van der Waals surface area (Å²) in [5.74, 6) is -0.170. The number of urea groups is 1. The fourth-order valence-electron chi connectivity index (χ4n) is 4.88.